The lowest BCUT2D eigenvalue weighted by atomic mass is 9.98. The molecule has 1 aromatic heterocycles. The number of esters is 2. The Kier molecular flexibility index (Phi) is 6.32. The summed E-state index contributed by atoms with van der Waals surface area (Å²) < 4.78 is 9.23. The topological polar surface area (TPSA) is 94.6 Å². The molecule has 0 fully saturated rings. The number of nitrogens with one attached hydrogen (secondary N) is 1. The van der Waals surface area contributed by atoms with Crippen LogP contribution in [0.5, 0.6) is 0 Å². The molecule has 1 heterocycles. The number of nitrogens with zero attached hydrogens (tertiary/aromatic N) is 1. The first-order chi connectivity index (χ1) is 9.99. The van der Waals surface area contributed by atoms with Crippen LogP contribution in [0.3, 0.4) is 0 Å². The summed E-state index contributed by atoms with van der Waals surface area (Å²) in [5.41, 5.74) is 0.365. The Morgan fingerprint density at radius 3 is 2.33 bits per heavy atom. The molecule has 2 atom stereocenters. The monoisotopic (exact) mass is 294 g/mol. The molecule has 1 N–H and O–H groups in total. The average Bonchev–Trinajstić information content (AvgIpc) is 2.52. The third kappa shape index (κ3) is 4.87. The molecule has 114 valence electrons. The lowest BCUT2D eigenvalue weighted by Crippen LogP contribution is -2.46. The van der Waals surface area contributed by atoms with Crippen molar-refractivity contribution in [2.24, 2.45) is 5.92 Å². The van der Waals surface area contributed by atoms with E-state index in [1.165, 1.54) is 38.7 Å². The van der Waals surface area contributed by atoms with E-state index in [4.69, 9.17) is 0 Å². The van der Waals surface area contributed by atoms with Crippen molar-refractivity contribution in [3.8, 4) is 0 Å². The molecule has 1 amide bonds. The van der Waals surface area contributed by atoms with Gasteiger partial charge in [-0.25, -0.2) is 4.79 Å². The van der Waals surface area contributed by atoms with Crippen molar-refractivity contribution in [3.63, 3.8) is 0 Å². The van der Waals surface area contributed by atoms with Gasteiger partial charge < -0.3 is 14.8 Å². The molecule has 0 bridgehead atoms. The maximum absolute atomic E-state index is 12.1. The SMILES string of the molecule is COC(=O)C[C@@H](C)[C@H](NC(=O)c1ccncc1)C(=O)OC. The van der Waals surface area contributed by atoms with Crippen molar-refractivity contribution in [2.45, 2.75) is 19.4 Å². The highest BCUT2D eigenvalue weighted by atomic mass is 16.5. The molecule has 0 aliphatic carbocycles. The molecule has 0 spiro atoms. The van der Waals surface area contributed by atoms with E-state index < -0.39 is 29.8 Å². The Morgan fingerprint density at radius 2 is 1.81 bits per heavy atom. The lowest BCUT2D eigenvalue weighted by molar-refractivity contribution is -0.146. The zero-order chi connectivity index (χ0) is 15.8. The van der Waals surface area contributed by atoms with Gasteiger partial charge in [0.05, 0.1) is 20.6 Å². The van der Waals surface area contributed by atoms with E-state index in [1.54, 1.807) is 6.92 Å². The largest absolute Gasteiger partial charge is 0.469 e. The zero-order valence-electron chi connectivity index (χ0n) is 12.2. The van der Waals surface area contributed by atoms with Gasteiger partial charge in [-0.15, -0.1) is 0 Å². The summed E-state index contributed by atoms with van der Waals surface area (Å²) in [5.74, 6) is -1.98. The second-order valence-corrected chi connectivity index (χ2v) is 4.47. The summed E-state index contributed by atoms with van der Waals surface area (Å²) in [7, 11) is 2.48. The number of methoxy groups -OCH3 is 2. The van der Waals surface area contributed by atoms with E-state index in [2.05, 4.69) is 19.8 Å². The molecule has 0 aliphatic heterocycles. The van der Waals surface area contributed by atoms with Crippen LogP contribution >= 0.6 is 0 Å². The number of carbonyl (C=O) groups is 3. The van der Waals surface area contributed by atoms with Crippen molar-refractivity contribution < 1.29 is 23.9 Å². The smallest absolute Gasteiger partial charge is 0.328 e. The summed E-state index contributed by atoms with van der Waals surface area (Å²) in [5, 5.41) is 2.56. The fourth-order valence-electron chi connectivity index (χ4n) is 1.75. The van der Waals surface area contributed by atoms with Crippen molar-refractivity contribution in [2.75, 3.05) is 14.2 Å². The maximum atomic E-state index is 12.1. The van der Waals surface area contributed by atoms with Gasteiger partial charge >= 0.3 is 11.9 Å². The Balaban J connectivity index is 2.81. The highest BCUT2D eigenvalue weighted by molar-refractivity contribution is 5.96. The number of aromatic nitrogens is 1. The van der Waals surface area contributed by atoms with Gasteiger partial charge in [-0.05, 0) is 18.1 Å². The third-order valence-electron chi connectivity index (χ3n) is 2.97. The zero-order valence-corrected chi connectivity index (χ0v) is 12.2. The van der Waals surface area contributed by atoms with Crippen LogP contribution in [0.2, 0.25) is 0 Å². The summed E-state index contributed by atoms with van der Waals surface area (Å²) in [6.45, 7) is 1.66. The molecule has 0 unspecified atom stereocenters. The van der Waals surface area contributed by atoms with Gasteiger partial charge in [0.25, 0.3) is 5.91 Å². The molecule has 21 heavy (non-hydrogen) atoms. The van der Waals surface area contributed by atoms with Crippen LogP contribution in [0.25, 0.3) is 0 Å². The maximum Gasteiger partial charge on any atom is 0.328 e. The number of ether oxygens (including phenoxy) is 2. The fraction of sp³-hybridized carbons (Fsp3) is 0.429. The summed E-state index contributed by atoms with van der Waals surface area (Å²) in [4.78, 5) is 39.0. The van der Waals surface area contributed by atoms with E-state index >= 15 is 0 Å². The molecule has 0 aliphatic rings. The molecule has 0 saturated heterocycles. The molecular formula is C14H18N2O5. The van der Waals surface area contributed by atoms with Crippen LogP contribution in [0.4, 0.5) is 0 Å². The first-order valence-electron chi connectivity index (χ1n) is 6.35. The second kappa shape index (κ2) is 7.98. The molecule has 7 heteroatoms. The van der Waals surface area contributed by atoms with Gasteiger partial charge in [-0.1, -0.05) is 6.92 Å². The summed E-state index contributed by atoms with van der Waals surface area (Å²) in [6.07, 6.45) is 2.94. The minimum absolute atomic E-state index is 0.00705. The molecule has 0 aromatic carbocycles. The molecular weight excluding hydrogens is 276 g/mol. The van der Waals surface area contributed by atoms with E-state index in [1.807, 2.05) is 0 Å². The van der Waals surface area contributed by atoms with Gasteiger partial charge in [-0.3, -0.25) is 14.6 Å². The first-order valence-corrected chi connectivity index (χ1v) is 6.35. The standard InChI is InChI=1S/C14H18N2O5/c1-9(8-11(17)20-2)12(14(19)21-3)16-13(18)10-4-6-15-7-5-10/h4-7,9,12H,8H2,1-3H3,(H,16,18)/t9-,12+/m1/s1. The van der Waals surface area contributed by atoms with E-state index in [0.717, 1.165) is 0 Å². The van der Waals surface area contributed by atoms with Crippen LogP contribution in [0.1, 0.15) is 23.7 Å². The van der Waals surface area contributed by atoms with Crippen LogP contribution in [0, 0.1) is 5.92 Å². The number of hydrogen-bond donors (Lipinski definition) is 1. The average molecular weight is 294 g/mol. The van der Waals surface area contributed by atoms with Crippen LogP contribution in [0.15, 0.2) is 24.5 Å². The van der Waals surface area contributed by atoms with Crippen LogP contribution in [-0.2, 0) is 19.1 Å². The molecule has 1 aromatic rings. The molecule has 7 nitrogen and oxygen atoms in total. The van der Waals surface area contributed by atoms with Crippen molar-refractivity contribution in [1.82, 2.24) is 10.3 Å². The van der Waals surface area contributed by atoms with Gasteiger partial charge in [-0.2, -0.15) is 0 Å². The predicted molar refractivity (Wildman–Crippen MR) is 73.3 cm³/mol. The van der Waals surface area contributed by atoms with Crippen molar-refractivity contribution >= 4 is 17.8 Å². The minimum Gasteiger partial charge on any atom is -0.469 e. The predicted octanol–water partition coefficient (Wildman–Crippen LogP) is 0.552. The fourth-order valence-corrected chi connectivity index (χ4v) is 1.75. The quantitative estimate of drug-likeness (QED) is 0.770. The van der Waals surface area contributed by atoms with Crippen molar-refractivity contribution in [3.05, 3.63) is 30.1 Å². The Hall–Kier alpha value is -2.44. The molecule has 1 rings (SSSR count). The van der Waals surface area contributed by atoms with Gasteiger partial charge in [0.1, 0.15) is 6.04 Å². The Morgan fingerprint density at radius 1 is 1.19 bits per heavy atom. The normalized spacial score (nSPS) is 12.9. The number of rotatable bonds is 6. The first kappa shape index (κ1) is 16.6. The van der Waals surface area contributed by atoms with Gasteiger partial charge in [0, 0.05) is 18.0 Å². The summed E-state index contributed by atoms with van der Waals surface area (Å²) >= 11 is 0. The van der Waals surface area contributed by atoms with Crippen molar-refractivity contribution in [1.29, 1.82) is 0 Å². The number of hydrogen-bond acceptors (Lipinski definition) is 6. The molecule has 0 saturated carbocycles. The van der Waals surface area contributed by atoms with Gasteiger partial charge in [0.2, 0.25) is 0 Å². The van der Waals surface area contributed by atoms with Crippen LogP contribution < -0.4 is 5.32 Å². The number of carbonyl (C=O) groups excluding carboxylic acids is 3. The highest BCUT2D eigenvalue weighted by Gasteiger charge is 2.29. The third-order valence-corrected chi connectivity index (χ3v) is 2.97. The minimum atomic E-state index is -0.935. The van der Waals surface area contributed by atoms with Gasteiger partial charge in [0.15, 0.2) is 0 Å². The number of amides is 1. The second-order valence-electron chi connectivity index (χ2n) is 4.47. The number of pyridine rings is 1. The van der Waals surface area contributed by atoms with E-state index in [0.29, 0.717) is 5.56 Å². The molecule has 0 radical (unpaired) electrons. The van der Waals surface area contributed by atoms with E-state index in [9.17, 15) is 14.4 Å². The van der Waals surface area contributed by atoms with Crippen LogP contribution in [-0.4, -0.2) is 43.1 Å². The highest BCUT2D eigenvalue weighted by Crippen LogP contribution is 2.12. The lowest BCUT2D eigenvalue weighted by Gasteiger charge is -2.22. The Labute approximate surface area is 122 Å². The summed E-state index contributed by atoms with van der Waals surface area (Å²) in [6, 6.07) is 2.11. The Bertz CT molecular complexity index is 503. The van der Waals surface area contributed by atoms with E-state index in [-0.39, 0.29) is 6.42 Å².